The Morgan fingerprint density at radius 1 is 1.00 bits per heavy atom. The van der Waals surface area contributed by atoms with Crippen LogP contribution in [-0.2, 0) is 18.9 Å². The summed E-state index contributed by atoms with van der Waals surface area (Å²) in [5.41, 5.74) is -0.852. The Morgan fingerprint density at radius 3 is 1.96 bits per heavy atom. The number of ketones is 1. The van der Waals surface area contributed by atoms with Crippen molar-refractivity contribution in [1.82, 2.24) is 0 Å². The maximum atomic E-state index is 14.2. The number of benzene rings is 2. The molecule has 3 rings (SSSR count). The van der Waals surface area contributed by atoms with Gasteiger partial charge in [0.25, 0.3) is 0 Å². The van der Waals surface area contributed by atoms with E-state index < -0.39 is 24.7 Å². The van der Waals surface area contributed by atoms with Gasteiger partial charge in [0.05, 0.1) is 18.7 Å². The largest absolute Gasteiger partial charge is 0.469 e. The van der Waals surface area contributed by atoms with Gasteiger partial charge in [-0.1, -0.05) is 60.7 Å². The second kappa shape index (κ2) is 6.74. The molecule has 0 aromatic heterocycles. The maximum absolute atomic E-state index is 14.2. The molecule has 4 nitrogen and oxygen atoms in total. The minimum absolute atomic E-state index is 0.124. The summed E-state index contributed by atoms with van der Waals surface area (Å²) in [5, 5.41) is 1.20. The van der Waals surface area contributed by atoms with Gasteiger partial charge < -0.3 is 9.30 Å². The standard InChI is InChI=1S/C19H19O4P/c1-23-19(21)16-12-13-17(20)18(16)24(22,14-8-4-2-5-9-14)15-10-6-3-7-11-15/h2-11,16,18H,12-13H2,1H3. The van der Waals surface area contributed by atoms with E-state index in [4.69, 9.17) is 4.74 Å². The van der Waals surface area contributed by atoms with E-state index in [1.54, 1.807) is 48.5 Å². The number of ether oxygens (including phenoxy) is 1. The molecule has 5 heteroatoms. The van der Waals surface area contributed by atoms with Gasteiger partial charge in [-0.15, -0.1) is 0 Å². The Hall–Kier alpha value is -2.19. The predicted octanol–water partition coefficient (Wildman–Crippen LogP) is 2.52. The molecule has 2 aromatic rings. The van der Waals surface area contributed by atoms with E-state index in [1.165, 1.54) is 7.11 Å². The normalized spacial score (nSPS) is 20.8. The predicted molar refractivity (Wildman–Crippen MR) is 93.3 cm³/mol. The number of Topliss-reactive ketones (excluding diaryl/α,β-unsaturated/α-hetero) is 1. The zero-order chi connectivity index (χ0) is 17.2. The van der Waals surface area contributed by atoms with Gasteiger partial charge in [0.1, 0.15) is 5.78 Å². The Labute approximate surface area is 141 Å². The van der Waals surface area contributed by atoms with Crippen molar-refractivity contribution in [1.29, 1.82) is 0 Å². The first-order valence-corrected chi connectivity index (χ1v) is 9.68. The Morgan fingerprint density at radius 2 is 1.50 bits per heavy atom. The maximum Gasteiger partial charge on any atom is 0.309 e. The molecule has 0 amide bonds. The molecule has 0 N–H and O–H groups in total. The number of carbonyl (C=O) groups is 2. The lowest BCUT2D eigenvalue weighted by Gasteiger charge is -2.28. The first-order valence-electron chi connectivity index (χ1n) is 7.90. The molecule has 1 fully saturated rings. The Bertz CT molecular complexity index is 742. The van der Waals surface area contributed by atoms with Crippen molar-refractivity contribution in [2.24, 2.45) is 5.92 Å². The second-order valence-electron chi connectivity index (χ2n) is 5.91. The molecule has 124 valence electrons. The lowest BCUT2D eigenvalue weighted by Crippen LogP contribution is -2.36. The summed E-state index contributed by atoms with van der Waals surface area (Å²) in [6, 6.07) is 18.0. The van der Waals surface area contributed by atoms with Crippen LogP contribution < -0.4 is 10.6 Å². The molecule has 2 aromatic carbocycles. The van der Waals surface area contributed by atoms with Gasteiger partial charge in [0.2, 0.25) is 0 Å². The van der Waals surface area contributed by atoms with Crippen LogP contribution in [0.3, 0.4) is 0 Å². The second-order valence-corrected chi connectivity index (χ2v) is 8.81. The summed E-state index contributed by atoms with van der Waals surface area (Å²) >= 11 is 0. The zero-order valence-electron chi connectivity index (χ0n) is 13.4. The summed E-state index contributed by atoms with van der Waals surface area (Å²) < 4.78 is 19.1. The van der Waals surface area contributed by atoms with Gasteiger partial charge >= 0.3 is 5.97 Å². The van der Waals surface area contributed by atoms with Crippen LogP contribution in [0.15, 0.2) is 60.7 Å². The number of hydrogen-bond acceptors (Lipinski definition) is 4. The van der Waals surface area contributed by atoms with Crippen molar-refractivity contribution in [2.75, 3.05) is 7.11 Å². The molecule has 24 heavy (non-hydrogen) atoms. The first-order chi connectivity index (χ1) is 11.6. The summed E-state index contributed by atoms with van der Waals surface area (Å²) in [4.78, 5) is 24.8. The van der Waals surface area contributed by atoms with E-state index >= 15 is 0 Å². The quantitative estimate of drug-likeness (QED) is 0.633. The third kappa shape index (κ3) is 2.71. The molecule has 1 aliphatic rings. The van der Waals surface area contributed by atoms with Crippen LogP contribution in [0.4, 0.5) is 0 Å². The van der Waals surface area contributed by atoms with Gasteiger partial charge in [-0.3, -0.25) is 9.59 Å². The third-order valence-electron chi connectivity index (χ3n) is 4.59. The smallest absolute Gasteiger partial charge is 0.309 e. The average Bonchev–Trinajstić information content (AvgIpc) is 3.04. The lowest BCUT2D eigenvalue weighted by molar-refractivity contribution is -0.145. The zero-order valence-corrected chi connectivity index (χ0v) is 14.3. The SMILES string of the molecule is COC(=O)C1CCC(=O)C1P(=O)(c1ccccc1)c1ccccc1. The molecule has 0 spiro atoms. The van der Waals surface area contributed by atoms with E-state index in [9.17, 15) is 14.2 Å². The first kappa shape index (κ1) is 16.7. The van der Waals surface area contributed by atoms with Crippen LogP contribution in [0.2, 0.25) is 0 Å². The van der Waals surface area contributed by atoms with Crippen LogP contribution in [0.5, 0.6) is 0 Å². The molecule has 0 saturated heterocycles. The van der Waals surface area contributed by atoms with E-state index in [-0.39, 0.29) is 12.2 Å². The van der Waals surface area contributed by atoms with Crippen LogP contribution in [-0.4, -0.2) is 24.5 Å². The third-order valence-corrected chi connectivity index (χ3v) is 8.15. The van der Waals surface area contributed by atoms with Crippen molar-refractivity contribution < 1.29 is 18.9 Å². The molecule has 0 heterocycles. The fourth-order valence-electron chi connectivity index (χ4n) is 3.45. The molecular weight excluding hydrogens is 323 g/mol. The molecule has 0 aliphatic heterocycles. The number of rotatable bonds is 4. The highest BCUT2D eigenvalue weighted by molar-refractivity contribution is 7.80. The highest BCUT2D eigenvalue weighted by Crippen LogP contribution is 2.55. The van der Waals surface area contributed by atoms with Crippen LogP contribution >= 0.6 is 7.14 Å². The summed E-state index contributed by atoms with van der Waals surface area (Å²) in [6.07, 6.45) is 0.647. The summed E-state index contributed by atoms with van der Waals surface area (Å²) in [7, 11) is -2.00. The monoisotopic (exact) mass is 342 g/mol. The summed E-state index contributed by atoms with van der Waals surface area (Å²) in [5.74, 6) is -1.24. The molecule has 1 saturated carbocycles. The van der Waals surface area contributed by atoms with Crippen LogP contribution in [0, 0.1) is 5.92 Å². The Kier molecular flexibility index (Phi) is 4.68. The van der Waals surface area contributed by atoms with Gasteiger partial charge in [0.15, 0.2) is 7.14 Å². The van der Waals surface area contributed by atoms with E-state index in [2.05, 4.69) is 0 Å². The van der Waals surface area contributed by atoms with Crippen molar-refractivity contribution in [3.8, 4) is 0 Å². The van der Waals surface area contributed by atoms with Crippen molar-refractivity contribution in [2.45, 2.75) is 18.5 Å². The highest BCUT2D eigenvalue weighted by Gasteiger charge is 2.51. The Balaban J connectivity index is 2.20. The van der Waals surface area contributed by atoms with Crippen molar-refractivity contribution in [3.05, 3.63) is 60.7 Å². The average molecular weight is 342 g/mol. The topological polar surface area (TPSA) is 60.4 Å². The highest BCUT2D eigenvalue weighted by atomic mass is 31.2. The number of hydrogen-bond donors (Lipinski definition) is 0. The molecule has 0 bridgehead atoms. The summed E-state index contributed by atoms with van der Waals surface area (Å²) in [6.45, 7) is 0. The van der Waals surface area contributed by atoms with Gasteiger partial charge in [-0.05, 0) is 6.42 Å². The fourth-order valence-corrected chi connectivity index (χ4v) is 6.93. The fraction of sp³-hybridized carbons (Fsp3) is 0.263. The number of carbonyl (C=O) groups excluding carboxylic acids is 2. The van der Waals surface area contributed by atoms with E-state index in [1.807, 2.05) is 12.1 Å². The van der Waals surface area contributed by atoms with Gasteiger partial charge in [-0.25, -0.2) is 0 Å². The van der Waals surface area contributed by atoms with Crippen LogP contribution in [0.1, 0.15) is 12.8 Å². The lowest BCUT2D eigenvalue weighted by atomic mass is 10.1. The number of methoxy groups -OCH3 is 1. The minimum Gasteiger partial charge on any atom is -0.469 e. The van der Waals surface area contributed by atoms with Gasteiger partial charge in [0, 0.05) is 17.0 Å². The molecule has 2 unspecified atom stereocenters. The van der Waals surface area contributed by atoms with Crippen molar-refractivity contribution in [3.63, 3.8) is 0 Å². The number of esters is 1. The van der Waals surface area contributed by atoms with E-state index in [0.717, 1.165) is 0 Å². The minimum atomic E-state index is -3.30. The van der Waals surface area contributed by atoms with Crippen LogP contribution in [0.25, 0.3) is 0 Å². The van der Waals surface area contributed by atoms with Crippen molar-refractivity contribution >= 4 is 29.5 Å². The molecule has 2 atom stereocenters. The molecule has 0 radical (unpaired) electrons. The molecular formula is C19H19O4P. The van der Waals surface area contributed by atoms with Gasteiger partial charge in [-0.2, -0.15) is 0 Å². The molecule has 1 aliphatic carbocycles. The van der Waals surface area contributed by atoms with E-state index in [0.29, 0.717) is 17.0 Å².